The number of hydrogen-bond donors (Lipinski definition) is 2. The maximum atomic E-state index is 13.6. The van der Waals surface area contributed by atoms with Crippen LogP contribution in [0.15, 0.2) is 36.5 Å². The molecule has 7 nitrogen and oxygen atoms in total. The highest BCUT2D eigenvalue weighted by Gasteiger charge is 2.18. The van der Waals surface area contributed by atoms with Crippen LogP contribution in [0.1, 0.15) is 23.1 Å². The first-order chi connectivity index (χ1) is 16.1. The monoisotopic (exact) mass is 461 g/mol. The number of aryl methyl sites for hydroxylation is 2. The van der Waals surface area contributed by atoms with E-state index in [0.717, 1.165) is 60.3 Å². The van der Waals surface area contributed by atoms with Crippen molar-refractivity contribution in [2.45, 2.75) is 20.3 Å². The van der Waals surface area contributed by atoms with Gasteiger partial charge in [0.25, 0.3) is 0 Å². The number of fused-ring (bicyclic) bond motifs is 1. The maximum absolute atomic E-state index is 13.6. The molecule has 0 aliphatic carbocycles. The second kappa shape index (κ2) is 8.81. The molecule has 0 bridgehead atoms. The summed E-state index contributed by atoms with van der Waals surface area (Å²) in [6.07, 6.45) is 2.91. The average Bonchev–Trinajstić information content (AvgIpc) is 3.38. The van der Waals surface area contributed by atoms with Gasteiger partial charge in [-0.15, -0.1) is 11.3 Å². The van der Waals surface area contributed by atoms with Gasteiger partial charge >= 0.3 is 0 Å². The van der Waals surface area contributed by atoms with E-state index in [4.69, 9.17) is 9.97 Å². The molecule has 4 heterocycles. The Kier molecular flexibility index (Phi) is 5.70. The third-order valence-electron chi connectivity index (χ3n) is 5.87. The third-order valence-corrected chi connectivity index (χ3v) is 6.76. The van der Waals surface area contributed by atoms with E-state index >= 15 is 0 Å². The summed E-state index contributed by atoms with van der Waals surface area (Å²) in [5.74, 6) is 0.463. The average molecular weight is 462 g/mol. The number of thiazole rings is 1. The Bertz CT molecular complexity index is 1360. The van der Waals surface area contributed by atoms with Crippen LogP contribution < -0.4 is 15.5 Å². The van der Waals surface area contributed by atoms with Crippen molar-refractivity contribution >= 4 is 33.6 Å². The Labute approximate surface area is 195 Å². The number of benzene rings is 1. The largest absolute Gasteiger partial charge is 0.368 e. The number of halogens is 1. The van der Waals surface area contributed by atoms with E-state index in [0.29, 0.717) is 16.4 Å². The molecule has 9 heteroatoms. The van der Waals surface area contributed by atoms with Crippen LogP contribution in [0.5, 0.6) is 0 Å². The van der Waals surface area contributed by atoms with Crippen LogP contribution in [-0.4, -0.2) is 40.5 Å². The lowest BCUT2D eigenvalue weighted by Gasteiger charge is -2.29. The topological polar surface area (TPSA) is 81.3 Å². The molecule has 3 aromatic heterocycles. The van der Waals surface area contributed by atoms with E-state index in [2.05, 4.69) is 51.3 Å². The van der Waals surface area contributed by atoms with Gasteiger partial charge in [0, 0.05) is 42.8 Å². The fourth-order valence-corrected chi connectivity index (χ4v) is 5.01. The highest BCUT2D eigenvalue weighted by molar-refractivity contribution is 7.16. The number of aromatic nitrogens is 3. The molecule has 0 atom stereocenters. The summed E-state index contributed by atoms with van der Waals surface area (Å²) < 4.78 is 15.7. The number of hydrogen-bond acceptors (Lipinski definition) is 7. The minimum Gasteiger partial charge on any atom is -0.368 e. The van der Waals surface area contributed by atoms with Crippen LogP contribution in [0, 0.1) is 24.1 Å². The van der Waals surface area contributed by atoms with Gasteiger partial charge in [-0.25, -0.2) is 14.4 Å². The molecule has 1 saturated heterocycles. The van der Waals surface area contributed by atoms with Gasteiger partial charge in [-0.2, -0.15) is 5.26 Å². The van der Waals surface area contributed by atoms with E-state index in [1.54, 1.807) is 6.07 Å². The predicted molar refractivity (Wildman–Crippen MR) is 130 cm³/mol. The number of nitrogens with one attached hydrogen (secondary N) is 2. The van der Waals surface area contributed by atoms with Crippen molar-refractivity contribution in [2.24, 2.45) is 0 Å². The van der Waals surface area contributed by atoms with E-state index < -0.39 is 5.82 Å². The van der Waals surface area contributed by atoms with Crippen LogP contribution >= 0.6 is 11.3 Å². The third kappa shape index (κ3) is 4.03. The van der Waals surface area contributed by atoms with E-state index in [1.807, 2.05) is 6.92 Å². The number of nitriles is 1. The van der Waals surface area contributed by atoms with Crippen molar-refractivity contribution in [3.05, 3.63) is 58.5 Å². The number of nitrogens with zero attached hydrogens (tertiary/aromatic N) is 5. The van der Waals surface area contributed by atoms with Gasteiger partial charge in [0.15, 0.2) is 5.13 Å². The summed E-state index contributed by atoms with van der Waals surface area (Å²) in [5.41, 5.74) is 4.60. The normalized spacial score (nSPS) is 13.9. The van der Waals surface area contributed by atoms with Crippen molar-refractivity contribution in [3.63, 3.8) is 0 Å². The smallest absolute Gasteiger partial charge is 0.189 e. The molecule has 4 aromatic rings. The standard InChI is InChI=1S/C24H24FN7S/c1-3-20-23(32-14-18(5-7-21(32)28-20)31-10-8-27-9-11-31)30-24-29-22(15(2)33-24)19-6-4-17(25)12-16(19)13-26/h4-7,12,14,27H,3,8-11H2,1-2H3,(H,29,30). The van der Waals surface area contributed by atoms with Crippen LogP contribution in [0.25, 0.3) is 16.9 Å². The highest BCUT2D eigenvalue weighted by atomic mass is 32.1. The summed E-state index contributed by atoms with van der Waals surface area (Å²) >= 11 is 1.51. The molecule has 0 unspecified atom stereocenters. The lowest BCUT2D eigenvalue weighted by atomic mass is 10.0. The Morgan fingerprint density at radius 2 is 2.03 bits per heavy atom. The van der Waals surface area contributed by atoms with Gasteiger partial charge in [0.1, 0.15) is 17.3 Å². The lowest BCUT2D eigenvalue weighted by molar-refractivity contribution is 0.588. The molecular formula is C24H24FN7S. The molecule has 0 amide bonds. The summed E-state index contributed by atoms with van der Waals surface area (Å²) in [7, 11) is 0. The van der Waals surface area contributed by atoms with E-state index in [1.165, 1.54) is 23.5 Å². The van der Waals surface area contributed by atoms with E-state index in [-0.39, 0.29) is 5.56 Å². The van der Waals surface area contributed by atoms with Crippen LogP contribution in [0.3, 0.4) is 0 Å². The van der Waals surface area contributed by atoms with Crippen LogP contribution in [0.2, 0.25) is 0 Å². The lowest BCUT2D eigenvalue weighted by Crippen LogP contribution is -2.43. The minimum absolute atomic E-state index is 0.277. The van der Waals surface area contributed by atoms with Gasteiger partial charge < -0.3 is 15.5 Å². The first-order valence-electron chi connectivity index (χ1n) is 11.0. The minimum atomic E-state index is -0.430. The first kappa shape index (κ1) is 21.4. The molecule has 33 heavy (non-hydrogen) atoms. The van der Waals surface area contributed by atoms with Crippen molar-refractivity contribution < 1.29 is 4.39 Å². The Hall–Kier alpha value is -3.48. The number of anilines is 3. The molecule has 0 spiro atoms. The molecule has 1 aliphatic rings. The summed E-state index contributed by atoms with van der Waals surface area (Å²) in [6.45, 7) is 7.93. The molecule has 0 saturated carbocycles. The van der Waals surface area contributed by atoms with Gasteiger partial charge in [0.2, 0.25) is 0 Å². The predicted octanol–water partition coefficient (Wildman–Crippen LogP) is 4.49. The maximum Gasteiger partial charge on any atom is 0.189 e. The molecule has 5 rings (SSSR count). The Morgan fingerprint density at radius 1 is 1.21 bits per heavy atom. The summed E-state index contributed by atoms with van der Waals surface area (Å²) in [4.78, 5) is 12.9. The molecule has 0 radical (unpaired) electrons. The number of pyridine rings is 1. The van der Waals surface area contributed by atoms with Gasteiger partial charge in [-0.05, 0) is 43.7 Å². The SMILES string of the molecule is CCc1nc2ccc(N3CCNCC3)cn2c1Nc1nc(-c2ccc(F)cc2C#N)c(C)s1. The zero-order valence-electron chi connectivity index (χ0n) is 18.5. The van der Waals surface area contributed by atoms with Crippen LogP contribution in [0.4, 0.5) is 21.0 Å². The van der Waals surface area contributed by atoms with Gasteiger partial charge in [-0.1, -0.05) is 6.92 Å². The first-order valence-corrected chi connectivity index (χ1v) is 11.8. The number of rotatable bonds is 5. The molecule has 1 fully saturated rings. The number of imidazole rings is 1. The quantitative estimate of drug-likeness (QED) is 0.456. The summed E-state index contributed by atoms with van der Waals surface area (Å²) in [5, 5.41) is 17.0. The zero-order valence-corrected chi connectivity index (χ0v) is 19.3. The molecule has 168 valence electrons. The molecule has 1 aromatic carbocycles. The zero-order chi connectivity index (χ0) is 22.9. The highest BCUT2D eigenvalue weighted by Crippen LogP contribution is 2.35. The van der Waals surface area contributed by atoms with Crippen molar-refractivity contribution in [2.75, 3.05) is 36.4 Å². The van der Waals surface area contributed by atoms with Gasteiger partial charge in [0.05, 0.1) is 28.7 Å². The summed E-state index contributed by atoms with van der Waals surface area (Å²) in [6, 6.07) is 10.5. The van der Waals surface area contributed by atoms with E-state index in [9.17, 15) is 9.65 Å². The van der Waals surface area contributed by atoms with Crippen molar-refractivity contribution in [3.8, 4) is 17.3 Å². The fourth-order valence-electron chi connectivity index (χ4n) is 4.19. The molecule has 2 N–H and O–H groups in total. The Balaban J connectivity index is 1.53. The molecule has 1 aliphatic heterocycles. The fraction of sp³-hybridized carbons (Fsp3) is 0.292. The molecular weight excluding hydrogens is 437 g/mol. The number of piperazine rings is 1. The van der Waals surface area contributed by atoms with Gasteiger partial charge in [-0.3, -0.25) is 4.40 Å². The second-order valence-corrected chi connectivity index (χ2v) is 9.17. The van der Waals surface area contributed by atoms with Crippen molar-refractivity contribution in [1.82, 2.24) is 19.7 Å². The van der Waals surface area contributed by atoms with Crippen LogP contribution in [-0.2, 0) is 6.42 Å². The van der Waals surface area contributed by atoms with Crippen molar-refractivity contribution in [1.29, 1.82) is 5.26 Å². The second-order valence-electron chi connectivity index (χ2n) is 7.96. The Morgan fingerprint density at radius 3 is 2.79 bits per heavy atom.